The number of hydrogen-bond donors (Lipinski definition) is 1. The first-order valence-corrected chi connectivity index (χ1v) is 8.03. The Morgan fingerprint density at radius 2 is 2.17 bits per heavy atom. The van der Waals surface area contributed by atoms with Crippen molar-refractivity contribution in [3.63, 3.8) is 0 Å². The second kappa shape index (κ2) is 7.05. The van der Waals surface area contributed by atoms with Crippen LogP contribution < -0.4 is 5.32 Å². The Morgan fingerprint density at radius 3 is 2.87 bits per heavy atom. The average molecular weight is 322 g/mol. The summed E-state index contributed by atoms with van der Waals surface area (Å²) in [5.74, 6) is 0.0980. The summed E-state index contributed by atoms with van der Waals surface area (Å²) in [4.78, 5) is 26.8. The summed E-state index contributed by atoms with van der Waals surface area (Å²) in [7, 11) is 0. The Kier molecular flexibility index (Phi) is 4.87. The zero-order valence-corrected chi connectivity index (χ0v) is 13.1. The van der Waals surface area contributed by atoms with Crippen molar-refractivity contribution >= 4 is 11.6 Å². The monoisotopic (exact) mass is 322 g/mol. The molecule has 9 heteroatoms. The number of nitrogens with one attached hydrogen (secondary N) is 1. The topological polar surface area (TPSA) is 96.5 Å². The second-order valence-electron chi connectivity index (χ2n) is 6.04. The fourth-order valence-corrected chi connectivity index (χ4v) is 3.25. The normalized spacial score (nSPS) is 22.4. The minimum absolute atomic E-state index is 0.0441. The first kappa shape index (κ1) is 15.9. The van der Waals surface area contributed by atoms with Crippen molar-refractivity contribution in [3.8, 4) is 0 Å². The summed E-state index contributed by atoms with van der Waals surface area (Å²) < 4.78 is 1.46. The summed E-state index contributed by atoms with van der Waals surface area (Å²) in [5, 5.41) is 17.9. The summed E-state index contributed by atoms with van der Waals surface area (Å²) in [6.07, 6.45) is 3.92. The molecule has 0 aliphatic carbocycles. The maximum absolute atomic E-state index is 12.3. The highest BCUT2D eigenvalue weighted by atomic mass is 16.6. The standard InChI is InChI=1S/C14H22N6O3/c21-14(2-6-19-11-13(9-16-19)20(22)23)18-5-1-12(10-18)17-7-3-15-4-8-17/h9,11-12,15H,1-8,10H2. The molecule has 23 heavy (non-hydrogen) atoms. The van der Waals surface area contributed by atoms with Gasteiger partial charge in [-0.1, -0.05) is 0 Å². The van der Waals surface area contributed by atoms with Crippen LogP contribution in [0.25, 0.3) is 0 Å². The molecule has 3 rings (SSSR count). The van der Waals surface area contributed by atoms with Crippen LogP contribution >= 0.6 is 0 Å². The van der Waals surface area contributed by atoms with Gasteiger partial charge >= 0.3 is 5.69 Å². The highest BCUT2D eigenvalue weighted by Crippen LogP contribution is 2.17. The van der Waals surface area contributed by atoms with Gasteiger partial charge in [0.1, 0.15) is 12.4 Å². The van der Waals surface area contributed by atoms with E-state index in [9.17, 15) is 14.9 Å². The molecule has 1 aromatic heterocycles. The van der Waals surface area contributed by atoms with Gasteiger partial charge in [0.05, 0.1) is 4.92 Å². The predicted molar refractivity (Wildman–Crippen MR) is 82.9 cm³/mol. The van der Waals surface area contributed by atoms with Crippen LogP contribution in [0.4, 0.5) is 5.69 Å². The lowest BCUT2D eigenvalue weighted by Crippen LogP contribution is -2.49. The van der Waals surface area contributed by atoms with Crippen LogP contribution in [-0.4, -0.2) is 75.7 Å². The van der Waals surface area contributed by atoms with Crippen molar-refractivity contribution in [1.82, 2.24) is 24.9 Å². The average Bonchev–Trinajstić information content (AvgIpc) is 3.23. The quantitative estimate of drug-likeness (QED) is 0.590. The Balaban J connectivity index is 1.46. The van der Waals surface area contributed by atoms with E-state index in [1.165, 1.54) is 17.1 Å². The fourth-order valence-electron chi connectivity index (χ4n) is 3.25. The number of carbonyl (C=O) groups is 1. The SMILES string of the molecule is O=C(CCn1cc([N+](=O)[O-])cn1)N1CCC(N2CCNCC2)C1. The molecular weight excluding hydrogens is 300 g/mol. The van der Waals surface area contributed by atoms with E-state index >= 15 is 0 Å². The Labute approximate surface area is 134 Å². The highest BCUT2D eigenvalue weighted by Gasteiger charge is 2.30. The number of carbonyl (C=O) groups excluding carboxylic acids is 1. The van der Waals surface area contributed by atoms with E-state index in [4.69, 9.17) is 0 Å². The van der Waals surface area contributed by atoms with Gasteiger partial charge in [0.2, 0.25) is 5.91 Å². The first-order chi connectivity index (χ1) is 11.1. The van der Waals surface area contributed by atoms with Crippen molar-refractivity contribution < 1.29 is 9.72 Å². The highest BCUT2D eigenvalue weighted by molar-refractivity contribution is 5.76. The minimum Gasteiger partial charge on any atom is -0.341 e. The largest absolute Gasteiger partial charge is 0.341 e. The molecule has 3 heterocycles. The number of rotatable bonds is 5. The Bertz CT molecular complexity index is 569. The van der Waals surface area contributed by atoms with E-state index in [0.717, 1.165) is 45.7 Å². The molecule has 0 spiro atoms. The molecule has 126 valence electrons. The number of nitrogens with zero attached hydrogens (tertiary/aromatic N) is 5. The molecule has 2 fully saturated rings. The molecule has 1 N–H and O–H groups in total. The van der Waals surface area contributed by atoms with Crippen molar-refractivity contribution in [2.24, 2.45) is 0 Å². The lowest BCUT2D eigenvalue weighted by atomic mass is 10.2. The molecular formula is C14H22N6O3. The van der Waals surface area contributed by atoms with Crippen LogP contribution in [0.15, 0.2) is 12.4 Å². The third kappa shape index (κ3) is 3.85. The van der Waals surface area contributed by atoms with Crippen LogP contribution in [0.1, 0.15) is 12.8 Å². The van der Waals surface area contributed by atoms with E-state index in [1.54, 1.807) is 0 Å². The van der Waals surface area contributed by atoms with Gasteiger partial charge in [0.15, 0.2) is 0 Å². The molecule has 9 nitrogen and oxygen atoms in total. The maximum Gasteiger partial charge on any atom is 0.306 e. The van der Waals surface area contributed by atoms with Crippen molar-refractivity contribution in [2.45, 2.75) is 25.4 Å². The molecule has 1 unspecified atom stereocenters. The zero-order valence-electron chi connectivity index (χ0n) is 13.1. The van der Waals surface area contributed by atoms with Crippen LogP contribution in [0.3, 0.4) is 0 Å². The van der Waals surface area contributed by atoms with Gasteiger partial charge in [-0.15, -0.1) is 0 Å². The fraction of sp³-hybridized carbons (Fsp3) is 0.714. The number of aromatic nitrogens is 2. The van der Waals surface area contributed by atoms with Crippen LogP contribution in [0.2, 0.25) is 0 Å². The molecule has 0 radical (unpaired) electrons. The maximum atomic E-state index is 12.3. The molecule has 2 saturated heterocycles. The minimum atomic E-state index is -0.482. The second-order valence-corrected chi connectivity index (χ2v) is 6.04. The van der Waals surface area contributed by atoms with Gasteiger partial charge in [0, 0.05) is 58.3 Å². The molecule has 0 aromatic carbocycles. The Hall–Kier alpha value is -2.00. The molecule has 0 bridgehead atoms. The van der Waals surface area contributed by atoms with Crippen molar-refractivity contribution in [3.05, 3.63) is 22.5 Å². The summed E-state index contributed by atoms with van der Waals surface area (Å²) in [5.41, 5.74) is -0.0441. The third-order valence-corrected chi connectivity index (χ3v) is 4.57. The first-order valence-electron chi connectivity index (χ1n) is 8.03. The molecule has 0 saturated carbocycles. The smallest absolute Gasteiger partial charge is 0.306 e. The van der Waals surface area contributed by atoms with Crippen molar-refractivity contribution in [2.75, 3.05) is 39.3 Å². The molecule has 1 atom stereocenters. The number of hydrogen-bond acceptors (Lipinski definition) is 6. The summed E-state index contributed by atoms with van der Waals surface area (Å²) in [6, 6.07) is 0.465. The molecule has 1 aromatic rings. The van der Waals surface area contributed by atoms with Crippen LogP contribution in [0.5, 0.6) is 0 Å². The van der Waals surface area contributed by atoms with Gasteiger partial charge in [-0.3, -0.25) is 24.5 Å². The van der Waals surface area contributed by atoms with Crippen molar-refractivity contribution in [1.29, 1.82) is 0 Å². The van der Waals surface area contributed by atoms with Gasteiger partial charge in [-0.05, 0) is 6.42 Å². The van der Waals surface area contributed by atoms with Gasteiger partial charge in [-0.25, -0.2) is 0 Å². The number of aryl methyl sites for hydroxylation is 1. The lowest BCUT2D eigenvalue weighted by Gasteiger charge is -2.32. The van der Waals surface area contributed by atoms with E-state index in [2.05, 4.69) is 15.3 Å². The molecule has 2 aliphatic rings. The third-order valence-electron chi connectivity index (χ3n) is 4.57. The number of likely N-dealkylation sites (tertiary alicyclic amines) is 1. The van der Waals surface area contributed by atoms with E-state index in [-0.39, 0.29) is 11.6 Å². The van der Waals surface area contributed by atoms with Gasteiger partial charge < -0.3 is 10.2 Å². The van der Waals surface area contributed by atoms with E-state index < -0.39 is 4.92 Å². The van der Waals surface area contributed by atoms with Gasteiger partial charge in [-0.2, -0.15) is 5.10 Å². The summed E-state index contributed by atoms with van der Waals surface area (Å²) in [6.45, 7) is 6.09. The van der Waals surface area contributed by atoms with Gasteiger partial charge in [0.25, 0.3) is 0 Å². The summed E-state index contributed by atoms with van der Waals surface area (Å²) >= 11 is 0. The van der Waals surface area contributed by atoms with E-state index in [1.807, 2.05) is 4.90 Å². The number of piperazine rings is 1. The molecule has 2 aliphatic heterocycles. The van der Waals surface area contributed by atoms with E-state index in [0.29, 0.717) is 19.0 Å². The Morgan fingerprint density at radius 1 is 1.39 bits per heavy atom. The van der Waals surface area contributed by atoms with Crippen LogP contribution in [-0.2, 0) is 11.3 Å². The molecule has 1 amide bonds. The zero-order chi connectivity index (χ0) is 16.2. The number of amides is 1. The number of nitro groups is 1. The predicted octanol–water partition coefficient (Wildman–Crippen LogP) is -0.312. The lowest BCUT2D eigenvalue weighted by molar-refractivity contribution is -0.385. The van der Waals surface area contributed by atoms with Crippen LogP contribution in [0, 0.1) is 10.1 Å².